The molecule has 4 N–H and O–H groups in total. The SMILES string of the molecule is CC(=O)C(O)O.O=[PH](O)O. The molecule has 0 unspecified atom stereocenters. The first-order valence-electron chi connectivity index (χ1n) is 2.16. The molecule has 6 nitrogen and oxygen atoms in total. The van der Waals surface area contributed by atoms with Crippen molar-refractivity contribution in [1.29, 1.82) is 0 Å². The van der Waals surface area contributed by atoms with E-state index in [0.29, 0.717) is 0 Å². The molecule has 0 aliphatic rings. The molecule has 0 rings (SSSR count). The van der Waals surface area contributed by atoms with Gasteiger partial charge in [0, 0.05) is 0 Å². The summed E-state index contributed by atoms with van der Waals surface area (Å²) in [4.78, 5) is 24.0. The van der Waals surface area contributed by atoms with Crippen LogP contribution in [0.25, 0.3) is 0 Å². The van der Waals surface area contributed by atoms with E-state index in [4.69, 9.17) is 24.6 Å². The first-order valence-corrected chi connectivity index (χ1v) is 3.46. The third-order valence-electron chi connectivity index (χ3n) is 0.364. The number of carbonyl (C=O) groups is 1. The van der Waals surface area contributed by atoms with Crippen LogP contribution in [0.2, 0.25) is 0 Å². The summed E-state index contributed by atoms with van der Waals surface area (Å²) < 4.78 is 8.74. The molecule has 0 aromatic heterocycles. The van der Waals surface area contributed by atoms with Crippen LogP contribution in [-0.4, -0.2) is 32.1 Å². The lowest BCUT2D eigenvalue weighted by atomic mass is 10.4. The summed E-state index contributed by atoms with van der Waals surface area (Å²) in [6.45, 7) is 1.10. The highest BCUT2D eigenvalue weighted by Crippen LogP contribution is 1.98. The highest BCUT2D eigenvalue weighted by atomic mass is 31.1. The maximum Gasteiger partial charge on any atom is 0.314 e. The number of aliphatic hydroxyl groups excluding tert-OH is 1. The Balaban J connectivity index is 0. The minimum absolute atomic E-state index is 0.630. The van der Waals surface area contributed by atoms with Crippen molar-refractivity contribution in [3.8, 4) is 0 Å². The molecule has 0 fully saturated rings. The zero-order valence-corrected chi connectivity index (χ0v) is 6.18. The standard InChI is InChI=1S/C3H6O3.H3O3P/c1-2(4)3(5)6;1-4(2)3/h3,5-6H,1H3;4H,(H2,1,2,3). The number of Topliss-reactive ketones (excluding diaryl/α,β-unsaturated/α-hetero) is 1. The van der Waals surface area contributed by atoms with Crippen LogP contribution >= 0.6 is 8.25 Å². The van der Waals surface area contributed by atoms with Crippen molar-refractivity contribution in [2.24, 2.45) is 0 Å². The van der Waals surface area contributed by atoms with Gasteiger partial charge in [-0.15, -0.1) is 0 Å². The van der Waals surface area contributed by atoms with Gasteiger partial charge in [0.1, 0.15) is 0 Å². The van der Waals surface area contributed by atoms with Crippen LogP contribution in [0.1, 0.15) is 6.92 Å². The number of hydrogen-bond acceptors (Lipinski definition) is 4. The third kappa shape index (κ3) is 25.1. The fourth-order valence-electron chi connectivity index (χ4n) is 0. The first kappa shape index (κ1) is 12.4. The Morgan fingerprint density at radius 1 is 1.40 bits per heavy atom. The van der Waals surface area contributed by atoms with E-state index in [1.54, 1.807) is 0 Å². The smallest absolute Gasteiger partial charge is 0.314 e. The molecule has 0 atom stereocenters. The molecule has 0 aromatic carbocycles. The fraction of sp³-hybridized carbons (Fsp3) is 0.667. The van der Waals surface area contributed by atoms with Crippen LogP contribution in [0.3, 0.4) is 0 Å². The second-order valence-corrected chi connectivity index (χ2v) is 1.83. The molecule has 0 aliphatic carbocycles. The molecule has 0 radical (unpaired) electrons. The fourth-order valence-corrected chi connectivity index (χ4v) is 0. The van der Waals surface area contributed by atoms with Crippen LogP contribution < -0.4 is 0 Å². The summed E-state index contributed by atoms with van der Waals surface area (Å²) in [7, 11) is -3.13. The summed E-state index contributed by atoms with van der Waals surface area (Å²) in [5.41, 5.74) is 0. The van der Waals surface area contributed by atoms with Gasteiger partial charge in [0.2, 0.25) is 6.29 Å². The normalized spacial score (nSPS) is 9.10. The number of hydrogen-bond donors (Lipinski definition) is 4. The van der Waals surface area contributed by atoms with E-state index >= 15 is 0 Å². The lowest BCUT2D eigenvalue weighted by Crippen LogP contribution is -2.14. The van der Waals surface area contributed by atoms with E-state index in [1.165, 1.54) is 0 Å². The summed E-state index contributed by atoms with van der Waals surface area (Å²) >= 11 is 0. The minimum Gasteiger partial charge on any atom is -0.362 e. The lowest BCUT2D eigenvalue weighted by Gasteiger charge is -1.90. The van der Waals surface area contributed by atoms with Crippen LogP contribution in [0, 0.1) is 0 Å². The van der Waals surface area contributed by atoms with Gasteiger partial charge < -0.3 is 20.0 Å². The van der Waals surface area contributed by atoms with Crippen LogP contribution in [0.4, 0.5) is 0 Å². The average Bonchev–Trinajstić information content (AvgIpc) is 1.63. The first-order chi connectivity index (χ1) is 4.37. The van der Waals surface area contributed by atoms with Crippen molar-refractivity contribution < 1.29 is 29.4 Å². The zero-order valence-electron chi connectivity index (χ0n) is 5.18. The Morgan fingerprint density at radius 2 is 1.50 bits per heavy atom. The van der Waals surface area contributed by atoms with Crippen molar-refractivity contribution in [3.63, 3.8) is 0 Å². The van der Waals surface area contributed by atoms with Crippen LogP contribution in [0.15, 0.2) is 0 Å². The molecular formula is C3H9O6P. The Labute approximate surface area is 57.7 Å². The molecule has 0 saturated carbocycles. The molecule has 0 amide bonds. The molecule has 7 heteroatoms. The van der Waals surface area contributed by atoms with Crippen molar-refractivity contribution in [2.45, 2.75) is 13.2 Å². The van der Waals surface area contributed by atoms with Gasteiger partial charge in [-0.25, -0.2) is 0 Å². The summed E-state index contributed by atoms with van der Waals surface area (Å²) in [6.07, 6.45) is -1.79. The van der Waals surface area contributed by atoms with Crippen molar-refractivity contribution in [2.75, 3.05) is 0 Å². The molecule has 10 heavy (non-hydrogen) atoms. The quantitative estimate of drug-likeness (QED) is 0.275. The van der Waals surface area contributed by atoms with Gasteiger partial charge in [-0.1, -0.05) is 0 Å². The van der Waals surface area contributed by atoms with Crippen molar-refractivity contribution in [3.05, 3.63) is 0 Å². The molecule has 0 bridgehead atoms. The van der Waals surface area contributed by atoms with Gasteiger partial charge in [0.05, 0.1) is 0 Å². The summed E-state index contributed by atoms with van der Waals surface area (Å²) in [5, 5.41) is 15.7. The second-order valence-electron chi connectivity index (χ2n) is 1.27. The largest absolute Gasteiger partial charge is 0.362 e. The molecule has 0 aliphatic heterocycles. The van der Waals surface area contributed by atoms with Crippen molar-refractivity contribution in [1.82, 2.24) is 0 Å². The minimum atomic E-state index is -3.13. The van der Waals surface area contributed by atoms with E-state index in [0.717, 1.165) is 6.92 Å². The zero-order chi connectivity index (χ0) is 8.73. The van der Waals surface area contributed by atoms with E-state index in [2.05, 4.69) is 0 Å². The summed E-state index contributed by atoms with van der Waals surface area (Å²) in [5.74, 6) is -0.630. The molecule has 0 saturated heterocycles. The monoisotopic (exact) mass is 172 g/mol. The number of rotatable bonds is 1. The molecule has 0 aromatic rings. The van der Waals surface area contributed by atoms with E-state index < -0.39 is 20.3 Å². The predicted molar refractivity (Wildman–Crippen MR) is 32.3 cm³/mol. The van der Waals surface area contributed by atoms with E-state index in [1.807, 2.05) is 0 Å². The van der Waals surface area contributed by atoms with Crippen molar-refractivity contribution >= 4 is 14.0 Å². The highest BCUT2D eigenvalue weighted by molar-refractivity contribution is 7.30. The maximum absolute atomic E-state index is 9.64. The molecule has 0 heterocycles. The Bertz CT molecular complexity index is 116. The van der Waals surface area contributed by atoms with E-state index in [-0.39, 0.29) is 0 Å². The average molecular weight is 172 g/mol. The van der Waals surface area contributed by atoms with Gasteiger partial charge in [-0.3, -0.25) is 9.36 Å². The second kappa shape index (κ2) is 6.85. The Hall–Kier alpha value is -0.260. The Kier molecular flexibility index (Phi) is 8.51. The third-order valence-corrected chi connectivity index (χ3v) is 0.364. The lowest BCUT2D eigenvalue weighted by molar-refractivity contribution is -0.142. The highest BCUT2D eigenvalue weighted by Gasteiger charge is 1.99. The van der Waals surface area contributed by atoms with Gasteiger partial charge in [-0.05, 0) is 6.92 Å². The molecule has 62 valence electrons. The molecular weight excluding hydrogens is 163 g/mol. The van der Waals surface area contributed by atoms with Gasteiger partial charge in [-0.2, -0.15) is 0 Å². The predicted octanol–water partition coefficient (Wildman–Crippen LogP) is -1.75. The van der Waals surface area contributed by atoms with Crippen LogP contribution in [-0.2, 0) is 9.36 Å². The number of aliphatic hydroxyl groups is 2. The topological polar surface area (TPSA) is 115 Å². The van der Waals surface area contributed by atoms with Gasteiger partial charge in [0.15, 0.2) is 5.78 Å². The molecule has 0 spiro atoms. The Morgan fingerprint density at radius 3 is 1.50 bits per heavy atom. The number of carbonyl (C=O) groups excluding carboxylic acids is 1. The van der Waals surface area contributed by atoms with E-state index in [9.17, 15) is 4.79 Å². The maximum atomic E-state index is 9.64. The van der Waals surface area contributed by atoms with Crippen LogP contribution in [0.5, 0.6) is 0 Å². The summed E-state index contributed by atoms with van der Waals surface area (Å²) in [6, 6.07) is 0. The van der Waals surface area contributed by atoms with Gasteiger partial charge >= 0.3 is 8.25 Å². The van der Waals surface area contributed by atoms with Gasteiger partial charge in [0.25, 0.3) is 0 Å². The number of ketones is 1.